The summed E-state index contributed by atoms with van der Waals surface area (Å²) in [4.78, 5) is 0. The molecule has 1 unspecified atom stereocenters. The van der Waals surface area contributed by atoms with Crippen LogP contribution >= 0.6 is 11.6 Å². The normalized spacial score (nSPS) is 21.1. The van der Waals surface area contributed by atoms with Gasteiger partial charge in [-0.2, -0.15) is 0 Å². The first-order valence-corrected chi connectivity index (χ1v) is 5.27. The summed E-state index contributed by atoms with van der Waals surface area (Å²) in [5, 5.41) is 3.96. The van der Waals surface area contributed by atoms with E-state index >= 15 is 0 Å². The maximum absolute atomic E-state index is 6.03. The van der Waals surface area contributed by atoms with Crippen LogP contribution < -0.4 is 10.1 Å². The van der Waals surface area contributed by atoms with Gasteiger partial charge in [0.25, 0.3) is 0 Å². The fourth-order valence-corrected chi connectivity index (χ4v) is 1.77. The van der Waals surface area contributed by atoms with Crippen molar-refractivity contribution < 1.29 is 4.74 Å². The first kappa shape index (κ1) is 9.81. The third kappa shape index (κ3) is 2.20. The molecule has 2 nitrogen and oxygen atoms in total. The van der Waals surface area contributed by atoms with Gasteiger partial charge in [-0.3, -0.25) is 0 Å². The molecular weight excluding hydrogens is 198 g/mol. The standard InChI is InChI=1S/C11H14ClNO/c1-8-2-3-10(12)11(6-8)14-9-4-5-13-7-9/h2-3,6,9,13H,4-5,7H2,1H3. The molecule has 76 valence electrons. The Balaban J connectivity index is 2.10. The van der Waals surface area contributed by atoms with Crippen molar-refractivity contribution in [2.45, 2.75) is 19.4 Å². The van der Waals surface area contributed by atoms with E-state index in [0.717, 1.165) is 25.3 Å². The van der Waals surface area contributed by atoms with E-state index in [1.165, 1.54) is 5.56 Å². The maximum atomic E-state index is 6.03. The fourth-order valence-electron chi connectivity index (χ4n) is 1.61. The molecule has 14 heavy (non-hydrogen) atoms. The Morgan fingerprint density at radius 2 is 2.36 bits per heavy atom. The van der Waals surface area contributed by atoms with Crippen molar-refractivity contribution in [2.24, 2.45) is 0 Å². The monoisotopic (exact) mass is 211 g/mol. The molecule has 1 heterocycles. The minimum absolute atomic E-state index is 0.272. The molecule has 0 amide bonds. The van der Waals surface area contributed by atoms with Crippen LogP contribution in [-0.4, -0.2) is 19.2 Å². The van der Waals surface area contributed by atoms with Gasteiger partial charge in [0.1, 0.15) is 11.9 Å². The molecule has 0 saturated carbocycles. The zero-order chi connectivity index (χ0) is 9.97. The molecule has 1 fully saturated rings. The van der Waals surface area contributed by atoms with E-state index in [1.807, 2.05) is 25.1 Å². The molecule has 0 aromatic heterocycles. The van der Waals surface area contributed by atoms with Gasteiger partial charge in [-0.05, 0) is 37.6 Å². The molecule has 0 radical (unpaired) electrons. The van der Waals surface area contributed by atoms with E-state index in [1.54, 1.807) is 0 Å². The maximum Gasteiger partial charge on any atom is 0.138 e. The molecular formula is C11H14ClNO. The van der Waals surface area contributed by atoms with Crippen molar-refractivity contribution in [1.82, 2.24) is 5.32 Å². The van der Waals surface area contributed by atoms with Gasteiger partial charge in [0, 0.05) is 6.54 Å². The van der Waals surface area contributed by atoms with Crippen LogP contribution in [0, 0.1) is 6.92 Å². The van der Waals surface area contributed by atoms with E-state index in [9.17, 15) is 0 Å². The Kier molecular flexibility index (Phi) is 2.94. The van der Waals surface area contributed by atoms with E-state index in [0.29, 0.717) is 5.02 Å². The molecule has 0 aliphatic carbocycles. The Labute approximate surface area is 89.2 Å². The smallest absolute Gasteiger partial charge is 0.138 e. The van der Waals surface area contributed by atoms with Crippen molar-refractivity contribution >= 4 is 11.6 Å². The number of hydrogen-bond acceptors (Lipinski definition) is 2. The molecule has 1 aliphatic heterocycles. The minimum atomic E-state index is 0.272. The zero-order valence-corrected chi connectivity index (χ0v) is 8.97. The van der Waals surface area contributed by atoms with Crippen molar-refractivity contribution in [3.05, 3.63) is 28.8 Å². The van der Waals surface area contributed by atoms with E-state index in [-0.39, 0.29) is 6.10 Å². The highest BCUT2D eigenvalue weighted by Crippen LogP contribution is 2.27. The van der Waals surface area contributed by atoms with Gasteiger partial charge in [-0.25, -0.2) is 0 Å². The Bertz CT molecular complexity index is 321. The van der Waals surface area contributed by atoms with E-state index in [2.05, 4.69) is 5.32 Å². The largest absolute Gasteiger partial charge is 0.487 e. The summed E-state index contributed by atoms with van der Waals surface area (Å²) < 4.78 is 5.79. The number of rotatable bonds is 2. The predicted octanol–water partition coefficient (Wildman–Crippen LogP) is 2.39. The minimum Gasteiger partial charge on any atom is -0.487 e. The summed E-state index contributed by atoms with van der Waals surface area (Å²) >= 11 is 6.03. The number of nitrogens with one attached hydrogen (secondary N) is 1. The molecule has 0 bridgehead atoms. The zero-order valence-electron chi connectivity index (χ0n) is 8.22. The fraction of sp³-hybridized carbons (Fsp3) is 0.455. The van der Waals surface area contributed by atoms with Gasteiger partial charge in [-0.15, -0.1) is 0 Å². The molecule has 1 saturated heterocycles. The Morgan fingerprint density at radius 3 is 3.07 bits per heavy atom. The van der Waals surface area contributed by atoms with E-state index in [4.69, 9.17) is 16.3 Å². The average Bonchev–Trinajstić information content (AvgIpc) is 2.64. The molecule has 1 aromatic rings. The Hall–Kier alpha value is -0.730. The summed E-state index contributed by atoms with van der Waals surface area (Å²) in [6.07, 6.45) is 1.33. The quantitative estimate of drug-likeness (QED) is 0.811. The van der Waals surface area contributed by atoms with Gasteiger partial charge in [0.05, 0.1) is 5.02 Å². The number of hydrogen-bond donors (Lipinski definition) is 1. The van der Waals surface area contributed by atoms with Gasteiger partial charge in [-0.1, -0.05) is 17.7 Å². The van der Waals surface area contributed by atoms with Gasteiger partial charge in [0.2, 0.25) is 0 Å². The average molecular weight is 212 g/mol. The highest BCUT2D eigenvalue weighted by atomic mass is 35.5. The van der Waals surface area contributed by atoms with Crippen molar-refractivity contribution in [2.75, 3.05) is 13.1 Å². The van der Waals surface area contributed by atoms with Crippen LogP contribution in [0.2, 0.25) is 5.02 Å². The molecule has 1 aromatic carbocycles. The summed E-state index contributed by atoms with van der Waals surface area (Å²) in [5.41, 5.74) is 1.18. The number of aryl methyl sites for hydroxylation is 1. The Morgan fingerprint density at radius 1 is 1.50 bits per heavy atom. The van der Waals surface area contributed by atoms with Crippen LogP contribution in [0.15, 0.2) is 18.2 Å². The lowest BCUT2D eigenvalue weighted by atomic mass is 10.2. The van der Waals surface area contributed by atoms with Crippen LogP contribution in [0.4, 0.5) is 0 Å². The lowest BCUT2D eigenvalue weighted by Crippen LogP contribution is -2.19. The highest BCUT2D eigenvalue weighted by Gasteiger charge is 2.16. The molecule has 1 N–H and O–H groups in total. The summed E-state index contributed by atoms with van der Waals surface area (Å²) in [5.74, 6) is 0.806. The number of halogens is 1. The van der Waals surface area contributed by atoms with Crippen molar-refractivity contribution in [1.29, 1.82) is 0 Å². The summed E-state index contributed by atoms with van der Waals surface area (Å²) in [7, 11) is 0. The van der Waals surface area contributed by atoms with Gasteiger partial charge < -0.3 is 10.1 Å². The van der Waals surface area contributed by atoms with Gasteiger partial charge >= 0.3 is 0 Å². The topological polar surface area (TPSA) is 21.3 Å². The second-order valence-electron chi connectivity index (χ2n) is 3.67. The number of benzene rings is 1. The lowest BCUT2D eigenvalue weighted by molar-refractivity contribution is 0.223. The second-order valence-corrected chi connectivity index (χ2v) is 4.07. The van der Waals surface area contributed by atoms with E-state index < -0.39 is 0 Å². The number of ether oxygens (including phenoxy) is 1. The first-order chi connectivity index (χ1) is 6.75. The van der Waals surface area contributed by atoms with Gasteiger partial charge in [0.15, 0.2) is 0 Å². The van der Waals surface area contributed by atoms with Crippen LogP contribution in [0.5, 0.6) is 5.75 Å². The predicted molar refractivity (Wildman–Crippen MR) is 58.1 cm³/mol. The lowest BCUT2D eigenvalue weighted by Gasteiger charge is -2.14. The summed E-state index contributed by atoms with van der Waals surface area (Å²) in [6, 6.07) is 5.86. The van der Waals surface area contributed by atoms with Crippen LogP contribution in [-0.2, 0) is 0 Å². The molecule has 3 heteroatoms. The summed E-state index contributed by atoms with van der Waals surface area (Å²) in [6.45, 7) is 3.99. The first-order valence-electron chi connectivity index (χ1n) is 4.89. The molecule has 0 spiro atoms. The van der Waals surface area contributed by atoms with Crippen LogP contribution in [0.25, 0.3) is 0 Å². The van der Waals surface area contributed by atoms with Crippen molar-refractivity contribution in [3.8, 4) is 5.75 Å². The van der Waals surface area contributed by atoms with Crippen LogP contribution in [0.1, 0.15) is 12.0 Å². The molecule has 1 atom stereocenters. The SMILES string of the molecule is Cc1ccc(Cl)c(OC2CCNC2)c1. The third-order valence-electron chi connectivity index (χ3n) is 2.40. The second kappa shape index (κ2) is 4.20. The molecule has 2 rings (SSSR count). The van der Waals surface area contributed by atoms with Crippen molar-refractivity contribution in [3.63, 3.8) is 0 Å². The van der Waals surface area contributed by atoms with Crippen LogP contribution in [0.3, 0.4) is 0 Å². The highest BCUT2D eigenvalue weighted by molar-refractivity contribution is 6.32. The molecule has 1 aliphatic rings. The third-order valence-corrected chi connectivity index (χ3v) is 2.71.